The molecule has 0 N–H and O–H groups in total. The highest BCUT2D eigenvalue weighted by Crippen LogP contribution is 2.38. The summed E-state index contributed by atoms with van der Waals surface area (Å²) in [5.74, 6) is 2.44. The zero-order valence-electron chi connectivity index (χ0n) is 18.6. The molecule has 0 aliphatic rings. The van der Waals surface area contributed by atoms with E-state index in [4.69, 9.17) is 18.9 Å². The highest BCUT2D eigenvalue weighted by molar-refractivity contribution is 6.06. The smallest absolute Gasteiger partial charge is 0.203 e. The molecule has 0 aromatic heterocycles. The number of ketones is 1. The summed E-state index contributed by atoms with van der Waals surface area (Å²) in [4.78, 5) is 12.3. The molecule has 0 saturated carbocycles. The van der Waals surface area contributed by atoms with Crippen LogP contribution in [0.4, 0.5) is 0 Å². The molecule has 0 saturated heterocycles. The summed E-state index contributed by atoms with van der Waals surface area (Å²) in [6.45, 7) is 0. The average Bonchev–Trinajstić information content (AvgIpc) is 2.85. The van der Waals surface area contributed by atoms with Crippen LogP contribution in [0.3, 0.4) is 0 Å². The number of carbonyl (C=O) groups is 1. The predicted molar refractivity (Wildman–Crippen MR) is 128 cm³/mol. The molecule has 164 valence electrons. The topological polar surface area (TPSA) is 54.0 Å². The van der Waals surface area contributed by atoms with Crippen molar-refractivity contribution in [2.24, 2.45) is 0 Å². The molecule has 5 heteroatoms. The Morgan fingerprint density at radius 2 is 1.16 bits per heavy atom. The zero-order chi connectivity index (χ0) is 22.9. The highest BCUT2D eigenvalue weighted by atomic mass is 16.5. The van der Waals surface area contributed by atoms with Crippen molar-refractivity contribution in [1.82, 2.24) is 0 Å². The molecule has 0 amide bonds. The van der Waals surface area contributed by atoms with Crippen molar-refractivity contribution in [1.29, 1.82) is 0 Å². The van der Waals surface area contributed by atoms with Crippen LogP contribution in [0.5, 0.6) is 23.0 Å². The molecule has 32 heavy (non-hydrogen) atoms. The van der Waals surface area contributed by atoms with E-state index in [0.29, 0.717) is 22.8 Å². The van der Waals surface area contributed by atoms with Gasteiger partial charge < -0.3 is 18.9 Å². The van der Waals surface area contributed by atoms with Crippen molar-refractivity contribution in [2.75, 3.05) is 28.4 Å². The third-order valence-electron chi connectivity index (χ3n) is 4.89. The summed E-state index contributed by atoms with van der Waals surface area (Å²) < 4.78 is 21.3. The summed E-state index contributed by atoms with van der Waals surface area (Å²) in [5.41, 5.74) is 3.51. The summed E-state index contributed by atoms with van der Waals surface area (Å²) in [5, 5.41) is 0. The van der Waals surface area contributed by atoms with Crippen molar-refractivity contribution in [2.45, 2.75) is 0 Å². The molecule has 5 nitrogen and oxygen atoms in total. The lowest BCUT2D eigenvalue weighted by molar-refractivity contribution is 0.104. The fraction of sp³-hybridized carbons (Fsp3) is 0.148. The molecule has 0 unspecified atom stereocenters. The van der Waals surface area contributed by atoms with Gasteiger partial charge in [0, 0.05) is 5.56 Å². The lowest BCUT2D eigenvalue weighted by atomic mass is 10.1. The first-order chi connectivity index (χ1) is 15.6. The van der Waals surface area contributed by atoms with Crippen molar-refractivity contribution >= 4 is 24.0 Å². The fourth-order valence-electron chi connectivity index (χ4n) is 3.13. The van der Waals surface area contributed by atoms with E-state index in [1.54, 1.807) is 64.9 Å². The Labute approximate surface area is 188 Å². The van der Waals surface area contributed by atoms with E-state index in [9.17, 15) is 4.79 Å². The highest BCUT2D eigenvalue weighted by Gasteiger charge is 2.11. The van der Waals surface area contributed by atoms with E-state index >= 15 is 0 Å². The Bertz CT molecular complexity index is 1080. The summed E-state index contributed by atoms with van der Waals surface area (Å²) >= 11 is 0. The van der Waals surface area contributed by atoms with Gasteiger partial charge in [0.1, 0.15) is 5.75 Å². The number of rotatable bonds is 9. The molecular weight excluding hydrogens is 404 g/mol. The number of benzene rings is 3. The normalized spacial score (nSPS) is 11.0. The van der Waals surface area contributed by atoms with Crippen LogP contribution < -0.4 is 18.9 Å². The first-order valence-electron chi connectivity index (χ1n) is 10.0. The summed E-state index contributed by atoms with van der Waals surface area (Å²) in [7, 11) is 6.36. The van der Waals surface area contributed by atoms with Crippen molar-refractivity contribution in [3.63, 3.8) is 0 Å². The first kappa shape index (κ1) is 22.7. The van der Waals surface area contributed by atoms with Crippen LogP contribution in [0.1, 0.15) is 27.0 Å². The minimum Gasteiger partial charge on any atom is -0.497 e. The maximum absolute atomic E-state index is 12.3. The van der Waals surface area contributed by atoms with Gasteiger partial charge in [-0.05, 0) is 59.2 Å². The van der Waals surface area contributed by atoms with Gasteiger partial charge in [-0.2, -0.15) is 0 Å². The van der Waals surface area contributed by atoms with Crippen LogP contribution in [0, 0.1) is 0 Å². The Balaban J connectivity index is 1.69. The largest absolute Gasteiger partial charge is 0.497 e. The lowest BCUT2D eigenvalue weighted by Gasteiger charge is -2.12. The fourth-order valence-corrected chi connectivity index (χ4v) is 3.13. The molecule has 0 aliphatic heterocycles. The number of hydrogen-bond donors (Lipinski definition) is 0. The molecule has 0 spiro atoms. The number of hydrogen-bond acceptors (Lipinski definition) is 5. The van der Waals surface area contributed by atoms with Crippen molar-refractivity contribution < 1.29 is 23.7 Å². The van der Waals surface area contributed by atoms with E-state index in [0.717, 1.165) is 22.4 Å². The Morgan fingerprint density at radius 3 is 1.66 bits per heavy atom. The monoisotopic (exact) mass is 430 g/mol. The molecule has 3 aromatic carbocycles. The maximum Gasteiger partial charge on any atom is 0.203 e. The average molecular weight is 431 g/mol. The summed E-state index contributed by atoms with van der Waals surface area (Å²) in [6, 6.07) is 18.7. The van der Waals surface area contributed by atoms with E-state index in [-0.39, 0.29) is 5.78 Å². The standard InChI is InChI=1S/C27H26O5/c1-29-23-14-12-22(13-15-23)24(28)16-11-20-7-5-19(6-8-20)9-10-21-17-25(30-2)27(32-4)26(18-21)31-3/h5-18H,1-4H3/b10-9+,16-11+. The Kier molecular flexibility index (Phi) is 7.70. The van der Waals surface area contributed by atoms with Crippen LogP contribution >= 0.6 is 0 Å². The van der Waals surface area contributed by atoms with E-state index in [2.05, 4.69) is 0 Å². The van der Waals surface area contributed by atoms with Crippen molar-refractivity contribution in [3.8, 4) is 23.0 Å². The van der Waals surface area contributed by atoms with Gasteiger partial charge in [0.25, 0.3) is 0 Å². The van der Waals surface area contributed by atoms with Gasteiger partial charge in [-0.15, -0.1) is 0 Å². The molecule has 3 rings (SSSR count). The van der Waals surface area contributed by atoms with Crippen LogP contribution in [0.25, 0.3) is 18.2 Å². The van der Waals surface area contributed by atoms with Crippen LogP contribution in [0.15, 0.2) is 66.7 Å². The number of carbonyl (C=O) groups excluding carboxylic acids is 1. The van der Waals surface area contributed by atoms with E-state index in [1.165, 1.54) is 0 Å². The molecule has 3 aromatic rings. The van der Waals surface area contributed by atoms with Gasteiger partial charge in [-0.1, -0.05) is 42.5 Å². The molecule has 0 heterocycles. The second-order valence-electron chi connectivity index (χ2n) is 6.88. The number of methoxy groups -OCH3 is 4. The molecule has 0 bridgehead atoms. The number of ether oxygens (including phenoxy) is 4. The second kappa shape index (κ2) is 10.9. The maximum atomic E-state index is 12.3. The van der Waals surface area contributed by atoms with E-state index < -0.39 is 0 Å². The van der Waals surface area contributed by atoms with Gasteiger partial charge >= 0.3 is 0 Å². The van der Waals surface area contributed by atoms with Gasteiger partial charge in [0.05, 0.1) is 28.4 Å². The third kappa shape index (κ3) is 5.58. The molecular formula is C27H26O5. The van der Waals surface area contributed by atoms with Gasteiger partial charge in [0.15, 0.2) is 17.3 Å². The Hall–Kier alpha value is -3.99. The quantitative estimate of drug-likeness (QED) is 0.244. The minimum absolute atomic E-state index is 0.0565. The van der Waals surface area contributed by atoms with Crippen LogP contribution in [-0.2, 0) is 0 Å². The van der Waals surface area contributed by atoms with Crippen LogP contribution in [0.2, 0.25) is 0 Å². The SMILES string of the molecule is COc1ccc(C(=O)/C=C/c2ccc(/C=C/c3cc(OC)c(OC)c(OC)c3)cc2)cc1. The molecule has 0 fully saturated rings. The summed E-state index contributed by atoms with van der Waals surface area (Å²) in [6.07, 6.45) is 7.35. The first-order valence-corrected chi connectivity index (χ1v) is 10.0. The van der Waals surface area contributed by atoms with E-state index in [1.807, 2.05) is 48.6 Å². The van der Waals surface area contributed by atoms with Gasteiger partial charge in [0.2, 0.25) is 5.75 Å². The molecule has 0 aliphatic carbocycles. The second-order valence-corrected chi connectivity index (χ2v) is 6.88. The predicted octanol–water partition coefficient (Wildman–Crippen LogP) is 5.79. The zero-order valence-corrected chi connectivity index (χ0v) is 18.6. The van der Waals surface area contributed by atoms with Crippen molar-refractivity contribution in [3.05, 3.63) is 89.0 Å². The third-order valence-corrected chi connectivity index (χ3v) is 4.89. The minimum atomic E-state index is -0.0565. The lowest BCUT2D eigenvalue weighted by Crippen LogP contribution is -1.95. The molecule has 0 atom stereocenters. The number of allylic oxidation sites excluding steroid dienone is 1. The Morgan fingerprint density at radius 1 is 0.625 bits per heavy atom. The van der Waals surface area contributed by atoms with Crippen LogP contribution in [-0.4, -0.2) is 34.2 Å². The van der Waals surface area contributed by atoms with Gasteiger partial charge in [-0.25, -0.2) is 0 Å². The molecule has 0 radical (unpaired) electrons. The van der Waals surface area contributed by atoms with Gasteiger partial charge in [-0.3, -0.25) is 4.79 Å².